The summed E-state index contributed by atoms with van der Waals surface area (Å²) < 4.78 is 6.65. The van der Waals surface area contributed by atoms with E-state index in [-0.39, 0.29) is 17.5 Å². The van der Waals surface area contributed by atoms with Crippen LogP contribution in [0.1, 0.15) is 16.1 Å². The molecule has 0 aliphatic heterocycles. The molecule has 4 aromatic rings. The van der Waals surface area contributed by atoms with Crippen molar-refractivity contribution in [3.63, 3.8) is 0 Å². The number of furan rings is 1. The highest BCUT2D eigenvalue weighted by atomic mass is 35.5. The zero-order valence-corrected chi connectivity index (χ0v) is 15.0. The van der Waals surface area contributed by atoms with E-state index in [1.807, 2.05) is 0 Å². The molecular weight excluding hydrogens is 370 g/mol. The Kier molecular flexibility index (Phi) is 4.21. The maximum Gasteiger partial charge on any atom is 0.272 e. The zero-order chi connectivity index (χ0) is 19.0. The normalized spacial score (nSPS) is 11.0. The molecule has 0 unspecified atom stereocenters. The lowest BCUT2D eigenvalue weighted by Crippen LogP contribution is -2.27. The molecule has 0 saturated heterocycles. The Hall–Kier alpha value is -3.46. The highest BCUT2D eigenvalue weighted by Crippen LogP contribution is 2.19. The van der Waals surface area contributed by atoms with Crippen molar-refractivity contribution in [2.45, 2.75) is 6.54 Å². The average molecular weight is 384 g/mol. The van der Waals surface area contributed by atoms with Gasteiger partial charge in [0.15, 0.2) is 11.4 Å². The van der Waals surface area contributed by atoms with Crippen LogP contribution in [0.25, 0.3) is 17.2 Å². The number of hydrogen-bond donors (Lipinski definition) is 1. The van der Waals surface area contributed by atoms with Gasteiger partial charge < -0.3 is 15.1 Å². The first-order valence-corrected chi connectivity index (χ1v) is 8.32. The summed E-state index contributed by atoms with van der Waals surface area (Å²) >= 11 is 5.78. The van der Waals surface area contributed by atoms with E-state index in [2.05, 4.69) is 20.1 Å². The zero-order valence-electron chi connectivity index (χ0n) is 14.2. The molecule has 9 nitrogen and oxygen atoms in total. The molecule has 136 valence electrons. The van der Waals surface area contributed by atoms with Crippen LogP contribution in [0.15, 0.2) is 47.2 Å². The Morgan fingerprint density at radius 1 is 1.33 bits per heavy atom. The molecule has 4 aromatic heterocycles. The van der Waals surface area contributed by atoms with Gasteiger partial charge >= 0.3 is 0 Å². The van der Waals surface area contributed by atoms with Crippen LogP contribution in [0.5, 0.6) is 0 Å². The predicted molar refractivity (Wildman–Crippen MR) is 97.9 cm³/mol. The SMILES string of the molecule is CN(Cc1ccc(Cl)nc1)C(=O)c1cc2nc(-c3ccco3)nn2c(N)n1. The van der Waals surface area contributed by atoms with Gasteiger partial charge in [0.05, 0.1) is 6.26 Å². The third-order valence-electron chi connectivity index (χ3n) is 3.87. The van der Waals surface area contributed by atoms with E-state index in [1.54, 1.807) is 37.5 Å². The number of anilines is 1. The van der Waals surface area contributed by atoms with Crippen molar-refractivity contribution in [2.75, 3.05) is 12.8 Å². The Morgan fingerprint density at radius 2 is 2.19 bits per heavy atom. The number of pyridine rings is 1. The molecule has 0 spiro atoms. The van der Waals surface area contributed by atoms with E-state index in [0.29, 0.717) is 28.9 Å². The lowest BCUT2D eigenvalue weighted by molar-refractivity contribution is 0.0779. The standard InChI is InChI=1S/C17H14ClN7O2/c1-24(9-10-4-5-13(18)20-8-10)16(26)11-7-14-22-15(12-3-2-6-27-12)23-25(14)17(19)21-11/h2-8H,9H2,1H3,(H2,19,21). The van der Waals surface area contributed by atoms with E-state index in [4.69, 9.17) is 21.8 Å². The van der Waals surface area contributed by atoms with Gasteiger partial charge in [-0.15, -0.1) is 5.10 Å². The summed E-state index contributed by atoms with van der Waals surface area (Å²) in [6.45, 7) is 0.347. The Bertz CT molecular complexity index is 1110. The quantitative estimate of drug-likeness (QED) is 0.537. The number of nitrogens with two attached hydrogens (primary N) is 1. The number of aromatic nitrogens is 5. The summed E-state index contributed by atoms with van der Waals surface area (Å²) in [6, 6.07) is 8.48. The molecule has 0 radical (unpaired) electrons. The van der Waals surface area contributed by atoms with E-state index in [0.717, 1.165) is 5.56 Å². The smallest absolute Gasteiger partial charge is 0.272 e. The van der Waals surface area contributed by atoms with Crippen molar-refractivity contribution in [2.24, 2.45) is 0 Å². The Labute approximate surface area is 158 Å². The van der Waals surface area contributed by atoms with Crippen LogP contribution in [0.3, 0.4) is 0 Å². The van der Waals surface area contributed by atoms with Crippen molar-refractivity contribution in [3.8, 4) is 11.6 Å². The lowest BCUT2D eigenvalue weighted by atomic mass is 10.2. The molecule has 10 heteroatoms. The molecule has 1 amide bonds. The van der Waals surface area contributed by atoms with Crippen molar-refractivity contribution < 1.29 is 9.21 Å². The topological polar surface area (TPSA) is 115 Å². The van der Waals surface area contributed by atoms with Crippen LogP contribution < -0.4 is 5.73 Å². The second kappa shape index (κ2) is 6.69. The highest BCUT2D eigenvalue weighted by molar-refractivity contribution is 6.29. The van der Waals surface area contributed by atoms with E-state index in [9.17, 15) is 4.79 Å². The first kappa shape index (κ1) is 17.0. The minimum Gasteiger partial charge on any atom is -0.461 e. The molecule has 2 N–H and O–H groups in total. The summed E-state index contributed by atoms with van der Waals surface area (Å²) in [5.41, 5.74) is 7.36. The number of amides is 1. The molecule has 4 heterocycles. The fourth-order valence-corrected chi connectivity index (χ4v) is 2.68. The molecular formula is C17H14ClN7O2. The monoisotopic (exact) mass is 383 g/mol. The third kappa shape index (κ3) is 3.32. The number of carbonyl (C=O) groups is 1. The van der Waals surface area contributed by atoms with Crippen LogP contribution in [-0.2, 0) is 6.54 Å². The van der Waals surface area contributed by atoms with Crippen LogP contribution in [0, 0.1) is 0 Å². The van der Waals surface area contributed by atoms with Crippen molar-refractivity contribution in [1.82, 2.24) is 29.5 Å². The molecule has 0 bridgehead atoms. The number of halogens is 1. The van der Waals surface area contributed by atoms with Gasteiger partial charge in [0.2, 0.25) is 11.8 Å². The highest BCUT2D eigenvalue weighted by Gasteiger charge is 2.18. The molecule has 0 aliphatic carbocycles. The van der Waals surface area contributed by atoms with Crippen LogP contribution in [0.4, 0.5) is 5.95 Å². The number of rotatable bonds is 4. The molecule has 0 fully saturated rings. The lowest BCUT2D eigenvalue weighted by Gasteiger charge is -2.16. The van der Waals surface area contributed by atoms with Gasteiger partial charge in [-0.2, -0.15) is 4.52 Å². The van der Waals surface area contributed by atoms with Gasteiger partial charge in [-0.1, -0.05) is 17.7 Å². The van der Waals surface area contributed by atoms with E-state index in [1.165, 1.54) is 21.7 Å². The fourth-order valence-electron chi connectivity index (χ4n) is 2.57. The fraction of sp³-hybridized carbons (Fsp3) is 0.118. The molecule has 0 aromatic carbocycles. The predicted octanol–water partition coefficient (Wildman–Crippen LogP) is 2.29. The number of nitrogens with zero attached hydrogens (tertiary/aromatic N) is 6. The minimum atomic E-state index is -0.304. The van der Waals surface area contributed by atoms with Crippen molar-refractivity contribution in [3.05, 3.63) is 59.2 Å². The Morgan fingerprint density at radius 3 is 2.89 bits per heavy atom. The van der Waals surface area contributed by atoms with Crippen molar-refractivity contribution >= 4 is 29.1 Å². The first-order chi connectivity index (χ1) is 13.0. The third-order valence-corrected chi connectivity index (χ3v) is 4.09. The maximum atomic E-state index is 12.7. The van der Waals surface area contributed by atoms with Gasteiger partial charge in [0, 0.05) is 25.9 Å². The van der Waals surface area contributed by atoms with Crippen LogP contribution in [0.2, 0.25) is 5.15 Å². The number of fused-ring (bicyclic) bond motifs is 1. The largest absolute Gasteiger partial charge is 0.461 e. The number of carbonyl (C=O) groups excluding carboxylic acids is 1. The summed E-state index contributed by atoms with van der Waals surface area (Å²) in [5.74, 6) is 0.612. The van der Waals surface area contributed by atoms with Gasteiger partial charge in [-0.25, -0.2) is 15.0 Å². The van der Waals surface area contributed by atoms with E-state index < -0.39 is 0 Å². The summed E-state index contributed by atoms with van der Waals surface area (Å²) in [6.07, 6.45) is 3.14. The summed E-state index contributed by atoms with van der Waals surface area (Å²) in [5, 5.41) is 4.65. The summed E-state index contributed by atoms with van der Waals surface area (Å²) in [7, 11) is 1.66. The molecule has 0 aliphatic rings. The van der Waals surface area contributed by atoms with Gasteiger partial charge in [-0.3, -0.25) is 4.79 Å². The number of hydrogen-bond acceptors (Lipinski definition) is 7. The average Bonchev–Trinajstić information content (AvgIpc) is 3.32. The number of nitrogen functional groups attached to an aromatic ring is 1. The van der Waals surface area contributed by atoms with Crippen LogP contribution in [-0.4, -0.2) is 42.4 Å². The Balaban J connectivity index is 1.62. The second-order valence-corrected chi connectivity index (χ2v) is 6.22. The van der Waals surface area contributed by atoms with Gasteiger partial charge in [0.25, 0.3) is 5.91 Å². The van der Waals surface area contributed by atoms with Crippen LogP contribution >= 0.6 is 11.6 Å². The molecule has 4 rings (SSSR count). The minimum absolute atomic E-state index is 0.0581. The van der Waals surface area contributed by atoms with Gasteiger partial charge in [-0.05, 0) is 23.8 Å². The maximum absolute atomic E-state index is 12.7. The first-order valence-electron chi connectivity index (χ1n) is 7.94. The molecule has 27 heavy (non-hydrogen) atoms. The summed E-state index contributed by atoms with van der Waals surface area (Å²) in [4.78, 5) is 26.8. The molecule has 0 atom stereocenters. The van der Waals surface area contributed by atoms with E-state index >= 15 is 0 Å². The second-order valence-electron chi connectivity index (χ2n) is 5.83. The van der Waals surface area contributed by atoms with Crippen molar-refractivity contribution in [1.29, 1.82) is 0 Å². The van der Waals surface area contributed by atoms with Gasteiger partial charge in [0.1, 0.15) is 10.8 Å². The molecule has 0 saturated carbocycles.